The van der Waals surface area contributed by atoms with Gasteiger partial charge in [0.25, 0.3) is 0 Å². The molecule has 0 unspecified atom stereocenters. The van der Waals surface area contributed by atoms with E-state index in [1.54, 1.807) is 11.0 Å². The quantitative estimate of drug-likeness (QED) is 0.0887. The smallest absolute Gasteiger partial charge is 0.410 e. The van der Waals surface area contributed by atoms with Crippen molar-refractivity contribution >= 4 is 18.0 Å². The van der Waals surface area contributed by atoms with Gasteiger partial charge in [-0.15, -0.1) is 0 Å². The molecule has 0 radical (unpaired) electrons. The van der Waals surface area contributed by atoms with Gasteiger partial charge in [-0.05, 0) is 47.6 Å². The molecule has 0 bridgehead atoms. The van der Waals surface area contributed by atoms with Gasteiger partial charge in [-0.2, -0.15) is 0 Å². The van der Waals surface area contributed by atoms with Crippen LogP contribution in [0.15, 0.2) is 72.8 Å². The topological polar surface area (TPSA) is 82.1 Å². The zero-order chi connectivity index (χ0) is 31.3. The third-order valence-corrected chi connectivity index (χ3v) is 8.44. The molecule has 1 heterocycles. The number of nitrogens with zero attached hydrogens (tertiary/aromatic N) is 1. The molecule has 7 nitrogen and oxygen atoms in total. The first-order valence-corrected chi connectivity index (χ1v) is 16.2. The summed E-state index contributed by atoms with van der Waals surface area (Å²) in [6.45, 7) is 4.93. The van der Waals surface area contributed by atoms with Crippen molar-refractivity contribution in [3.63, 3.8) is 0 Å². The van der Waals surface area contributed by atoms with Gasteiger partial charge < -0.3 is 14.2 Å². The second-order valence-corrected chi connectivity index (χ2v) is 11.7. The molecule has 0 spiro atoms. The average molecular weight is 602 g/mol. The van der Waals surface area contributed by atoms with E-state index in [0.29, 0.717) is 6.42 Å². The lowest BCUT2D eigenvalue weighted by molar-refractivity contribution is -0.152. The minimum absolute atomic E-state index is 0.0943. The van der Waals surface area contributed by atoms with Gasteiger partial charge in [0.15, 0.2) is 0 Å². The van der Waals surface area contributed by atoms with E-state index in [0.717, 1.165) is 35.1 Å². The third-order valence-electron chi connectivity index (χ3n) is 8.44. The molecule has 0 saturated carbocycles. The van der Waals surface area contributed by atoms with Crippen molar-refractivity contribution < 1.29 is 28.6 Å². The van der Waals surface area contributed by atoms with Crippen LogP contribution in [0.3, 0.4) is 0 Å². The molecule has 236 valence electrons. The van der Waals surface area contributed by atoms with Crippen molar-refractivity contribution in [2.75, 3.05) is 13.2 Å². The first-order valence-electron chi connectivity index (χ1n) is 16.2. The Hall–Kier alpha value is -3.87. The minimum Gasteiger partial charge on any atom is -0.464 e. The van der Waals surface area contributed by atoms with Gasteiger partial charge in [0.2, 0.25) is 0 Å². The Bertz CT molecular complexity index is 1270. The largest absolute Gasteiger partial charge is 0.464 e. The van der Waals surface area contributed by atoms with Crippen molar-refractivity contribution in [3.05, 3.63) is 84.0 Å². The molecule has 1 amide bonds. The number of allylic oxidation sites excluding steroid dienone is 1. The summed E-state index contributed by atoms with van der Waals surface area (Å²) in [5.74, 6) is -1.05. The molecule has 0 saturated heterocycles. The van der Waals surface area contributed by atoms with Crippen LogP contribution in [0.4, 0.5) is 4.79 Å². The summed E-state index contributed by atoms with van der Waals surface area (Å²) >= 11 is 0. The Kier molecular flexibility index (Phi) is 12.6. The number of hydrogen-bond acceptors (Lipinski definition) is 6. The molecule has 0 fully saturated rings. The number of amides is 1. The van der Waals surface area contributed by atoms with Gasteiger partial charge in [0.1, 0.15) is 25.4 Å². The van der Waals surface area contributed by atoms with Crippen molar-refractivity contribution in [3.8, 4) is 11.1 Å². The Labute approximate surface area is 262 Å². The summed E-state index contributed by atoms with van der Waals surface area (Å²) in [5.41, 5.74) is 4.55. The van der Waals surface area contributed by atoms with Crippen LogP contribution < -0.4 is 0 Å². The summed E-state index contributed by atoms with van der Waals surface area (Å²) in [4.78, 5) is 39.2. The number of rotatable bonds is 15. The average Bonchev–Trinajstić information content (AvgIpc) is 3.33. The number of benzene rings is 2. The fourth-order valence-corrected chi connectivity index (χ4v) is 6.25. The summed E-state index contributed by atoms with van der Waals surface area (Å²) in [5, 5.41) is 0. The normalized spacial score (nSPS) is 19.1. The van der Waals surface area contributed by atoms with Gasteiger partial charge in [-0.25, -0.2) is 4.79 Å². The fourth-order valence-electron chi connectivity index (χ4n) is 6.25. The molecular formula is C37H47NO6. The van der Waals surface area contributed by atoms with Crippen molar-refractivity contribution in [1.82, 2.24) is 4.90 Å². The van der Waals surface area contributed by atoms with E-state index in [-0.39, 0.29) is 25.2 Å². The van der Waals surface area contributed by atoms with Crippen molar-refractivity contribution in [1.29, 1.82) is 0 Å². The zero-order valence-corrected chi connectivity index (χ0v) is 26.4. The monoisotopic (exact) mass is 601 g/mol. The highest BCUT2D eigenvalue weighted by molar-refractivity contribution is 5.79. The van der Waals surface area contributed by atoms with E-state index in [1.165, 1.54) is 52.4 Å². The maximum absolute atomic E-state index is 13.9. The van der Waals surface area contributed by atoms with E-state index in [4.69, 9.17) is 14.2 Å². The highest BCUT2D eigenvalue weighted by Crippen LogP contribution is 2.44. The van der Waals surface area contributed by atoms with Gasteiger partial charge >= 0.3 is 18.0 Å². The number of carbonyl (C=O) groups excluding carboxylic acids is 3. The van der Waals surface area contributed by atoms with Crippen LogP contribution in [0, 0.1) is 0 Å². The number of carbonyl (C=O) groups is 3. The van der Waals surface area contributed by atoms with Gasteiger partial charge in [-0.1, -0.05) is 112 Å². The van der Waals surface area contributed by atoms with Crippen LogP contribution in [0.2, 0.25) is 0 Å². The Balaban J connectivity index is 1.47. The second-order valence-electron chi connectivity index (χ2n) is 11.7. The molecular weight excluding hydrogens is 554 g/mol. The summed E-state index contributed by atoms with van der Waals surface area (Å²) in [6, 6.07) is 15.3. The fraction of sp³-hybridized carbons (Fsp3) is 0.486. The number of unbranched alkanes of at least 4 members (excludes halogenated alkanes) is 7. The zero-order valence-electron chi connectivity index (χ0n) is 26.4. The van der Waals surface area contributed by atoms with Crippen LogP contribution in [-0.4, -0.2) is 54.3 Å². The Morgan fingerprint density at radius 2 is 1.39 bits per heavy atom. The lowest BCUT2D eigenvalue weighted by Gasteiger charge is -2.41. The molecule has 1 aliphatic carbocycles. The molecule has 44 heavy (non-hydrogen) atoms. The predicted octanol–water partition coefficient (Wildman–Crippen LogP) is 8.13. The molecule has 3 atom stereocenters. The highest BCUT2D eigenvalue weighted by atomic mass is 16.6. The first kappa shape index (κ1) is 33.0. The molecule has 0 aromatic heterocycles. The van der Waals surface area contributed by atoms with Crippen molar-refractivity contribution in [2.24, 2.45) is 0 Å². The lowest BCUT2D eigenvalue weighted by Crippen LogP contribution is -2.57. The minimum atomic E-state index is -0.764. The van der Waals surface area contributed by atoms with Crippen molar-refractivity contribution in [2.45, 2.75) is 103 Å². The van der Waals surface area contributed by atoms with E-state index in [1.807, 2.05) is 30.3 Å². The highest BCUT2D eigenvalue weighted by Gasteiger charge is 2.41. The van der Waals surface area contributed by atoms with E-state index in [9.17, 15) is 14.4 Å². The maximum Gasteiger partial charge on any atom is 0.410 e. The van der Waals surface area contributed by atoms with Crippen LogP contribution in [0.5, 0.6) is 0 Å². The third kappa shape index (κ3) is 8.84. The van der Waals surface area contributed by atoms with Crippen LogP contribution >= 0.6 is 0 Å². The summed E-state index contributed by atoms with van der Waals surface area (Å²) in [7, 11) is 0. The SMILES string of the molecule is CCCCCCCCC/C=C/C[C@H]1C=C[C@H](OC(C)=O)[C@@H](COC(C)=O)N1C(=O)OCC1c2ccccc2-c2ccccc21. The van der Waals surface area contributed by atoms with Gasteiger partial charge in [0.05, 0.1) is 6.04 Å². The van der Waals surface area contributed by atoms with E-state index in [2.05, 4.69) is 43.3 Å². The van der Waals surface area contributed by atoms with Crippen LogP contribution in [0.25, 0.3) is 11.1 Å². The maximum atomic E-state index is 13.9. The van der Waals surface area contributed by atoms with Crippen LogP contribution in [0.1, 0.15) is 95.6 Å². The van der Waals surface area contributed by atoms with Crippen LogP contribution in [-0.2, 0) is 23.8 Å². The molecule has 7 heteroatoms. The van der Waals surface area contributed by atoms with E-state index < -0.39 is 30.2 Å². The lowest BCUT2D eigenvalue weighted by atomic mass is 9.97. The summed E-state index contributed by atoms with van der Waals surface area (Å²) < 4.78 is 17.0. The Morgan fingerprint density at radius 1 is 0.750 bits per heavy atom. The molecule has 2 aromatic rings. The number of fused-ring (bicyclic) bond motifs is 3. The van der Waals surface area contributed by atoms with E-state index >= 15 is 0 Å². The molecule has 4 rings (SSSR count). The molecule has 2 aromatic carbocycles. The number of esters is 2. The molecule has 2 aliphatic rings. The van der Waals surface area contributed by atoms with Gasteiger partial charge in [-0.3, -0.25) is 14.5 Å². The molecule has 1 aliphatic heterocycles. The number of ether oxygens (including phenoxy) is 3. The first-order chi connectivity index (χ1) is 21.4. The molecule has 0 N–H and O–H groups in total. The predicted molar refractivity (Wildman–Crippen MR) is 172 cm³/mol. The Morgan fingerprint density at radius 3 is 2.02 bits per heavy atom. The second kappa shape index (κ2) is 16.8. The van der Waals surface area contributed by atoms with Gasteiger partial charge in [0, 0.05) is 19.8 Å². The summed E-state index contributed by atoms with van der Waals surface area (Å²) in [6.07, 6.45) is 17.0. The number of hydrogen-bond donors (Lipinski definition) is 0. The standard InChI is InChI=1S/C37H47NO6/c1-4-5-6-7-8-9-10-11-12-13-18-29-23-24-36(44-28(3)40)35(26-42-27(2)39)38(29)37(41)43-25-34-32-21-16-14-19-30(32)31-20-15-17-22-33(31)34/h12-17,19-24,29,34-36H,4-11,18,25-26H2,1-3H3/b13-12+/t29-,35+,36-/m0/s1.